The van der Waals surface area contributed by atoms with Gasteiger partial charge in [0.25, 0.3) is 0 Å². The molecule has 0 amide bonds. The standard InChI is InChI=1S/C11H19NO2/c1-4-12(10-6-7-10)8-9(3)11(13)14-5-2/h10H,3-8H2,1-2H3. The number of likely N-dealkylation sites (N-methyl/N-ethyl adjacent to an activating group) is 1. The maximum Gasteiger partial charge on any atom is 0.334 e. The Kier molecular flexibility index (Phi) is 4.14. The maximum atomic E-state index is 11.3. The normalized spacial score (nSPS) is 15.6. The summed E-state index contributed by atoms with van der Waals surface area (Å²) in [4.78, 5) is 13.6. The molecule has 14 heavy (non-hydrogen) atoms. The van der Waals surface area contributed by atoms with Crippen LogP contribution in [0.15, 0.2) is 12.2 Å². The topological polar surface area (TPSA) is 29.5 Å². The third-order valence-electron chi connectivity index (χ3n) is 2.43. The van der Waals surface area contributed by atoms with Gasteiger partial charge in [0.1, 0.15) is 0 Å². The second-order valence-corrected chi connectivity index (χ2v) is 3.62. The minimum atomic E-state index is -0.258. The summed E-state index contributed by atoms with van der Waals surface area (Å²) in [6.07, 6.45) is 2.51. The lowest BCUT2D eigenvalue weighted by Gasteiger charge is -2.20. The molecule has 0 unspecified atom stereocenters. The molecule has 1 aliphatic carbocycles. The number of nitrogens with zero attached hydrogens (tertiary/aromatic N) is 1. The van der Waals surface area contributed by atoms with Crippen LogP contribution >= 0.6 is 0 Å². The highest BCUT2D eigenvalue weighted by atomic mass is 16.5. The SMILES string of the molecule is C=C(CN(CC)C1CC1)C(=O)OCC. The summed E-state index contributed by atoms with van der Waals surface area (Å²) in [5, 5.41) is 0. The molecule has 0 aromatic rings. The molecule has 0 heterocycles. The summed E-state index contributed by atoms with van der Waals surface area (Å²) in [6.45, 7) is 9.72. The second-order valence-electron chi connectivity index (χ2n) is 3.62. The van der Waals surface area contributed by atoms with Crippen molar-refractivity contribution in [3.63, 3.8) is 0 Å². The molecule has 0 saturated heterocycles. The number of esters is 1. The van der Waals surface area contributed by atoms with Crippen molar-refractivity contribution in [2.75, 3.05) is 19.7 Å². The van der Waals surface area contributed by atoms with Crippen LogP contribution in [0.3, 0.4) is 0 Å². The monoisotopic (exact) mass is 197 g/mol. The minimum absolute atomic E-state index is 0.258. The van der Waals surface area contributed by atoms with E-state index >= 15 is 0 Å². The second kappa shape index (κ2) is 5.15. The van der Waals surface area contributed by atoms with Gasteiger partial charge in [-0.1, -0.05) is 13.5 Å². The van der Waals surface area contributed by atoms with Crippen molar-refractivity contribution < 1.29 is 9.53 Å². The van der Waals surface area contributed by atoms with Gasteiger partial charge >= 0.3 is 5.97 Å². The Morgan fingerprint density at radius 3 is 2.57 bits per heavy atom. The van der Waals surface area contributed by atoms with Crippen LogP contribution in [0.4, 0.5) is 0 Å². The van der Waals surface area contributed by atoms with E-state index in [1.807, 2.05) is 6.92 Å². The number of hydrogen-bond donors (Lipinski definition) is 0. The van der Waals surface area contributed by atoms with E-state index < -0.39 is 0 Å². The van der Waals surface area contributed by atoms with E-state index in [1.165, 1.54) is 12.8 Å². The minimum Gasteiger partial charge on any atom is -0.463 e. The fraction of sp³-hybridized carbons (Fsp3) is 0.727. The molecule has 1 saturated carbocycles. The van der Waals surface area contributed by atoms with Gasteiger partial charge in [0.15, 0.2) is 0 Å². The molecule has 0 aliphatic heterocycles. The fourth-order valence-electron chi connectivity index (χ4n) is 1.48. The highest BCUT2D eigenvalue weighted by Crippen LogP contribution is 2.26. The van der Waals surface area contributed by atoms with Crippen LogP contribution < -0.4 is 0 Å². The lowest BCUT2D eigenvalue weighted by atomic mass is 10.2. The smallest absolute Gasteiger partial charge is 0.334 e. The van der Waals surface area contributed by atoms with Crippen LogP contribution in [0.1, 0.15) is 26.7 Å². The number of carbonyl (C=O) groups excluding carboxylic acids is 1. The van der Waals surface area contributed by atoms with E-state index in [1.54, 1.807) is 0 Å². The number of ether oxygens (including phenoxy) is 1. The Hall–Kier alpha value is -0.830. The summed E-state index contributed by atoms with van der Waals surface area (Å²) in [7, 11) is 0. The van der Waals surface area contributed by atoms with E-state index in [9.17, 15) is 4.79 Å². The fourth-order valence-corrected chi connectivity index (χ4v) is 1.48. The van der Waals surface area contributed by atoms with Gasteiger partial charge in [0, 0.05) is 18.2 Å². The first kappa shape index (κ1) is 11.2. The van der Waals surface area contributed by atoms with Crippen LogP contribution in [0.2, 0.25) is 0 Å². The van der Waals surface area contributed by atoms with Crippen LogP contribution in [0, 0.1) is 0 Å². The number of carbonyl (C=O) groups is 1. The molecule has 0 aromatic heterocycles. The van der Waals surface area contributed by atoms with E-state index in [4.69, 9.17) is 4.74 Å². The molecule has 0 bridgehead atoms. The summed E-state index contributed by atoms with van der Waals surface area (Å²) in [5.41, 5.74) is 0.570. The Morgan fingerprint density at radius 1 is 1.50 bits per heavy atom. The zero-order valence-corrected chi connectivity index (χ0v) is 9.08. The van der Waals surface area contributed by atoms with Gasteiger partial charge in [0.05, 0.1) is 6.61 Å². The van der Waals surface area contributed by atoms with E-state index in [2.05, 4.69) is 18.4 Å². The Bertz CT molecular complexity index is 221. The molecule has 1 fully saturated rings. The Labute approximate surface area is 85.7 Å². The molecule has 0 N–H and O–H groups in total. The van der Waals surface area contributed by atoms with Gasteiger partial charge in [-0.15, -0.1) is 0 Å². The van der Waals surface area contributed by atoms with Crippen molar-refractivity contribution in [3.05, 3.63) is 12.2 Å². The third kappa shape index (κ3) is 3.14. The molecular weight excluding hydrogens is 178 g/mol. The summed E-state index contributed by atoms with van der Waals surface area (Å²) < 4.78 is 4.88. The molecule has 1 rings (SSSR count). The van der Waals surface area contributed by atoms with Crippen molar-refractivity contribution in [2.45, 2.75) is 32.7 Å². The first-order valence-electron chi connectivity index (χ1n) is 5.28. The lowest BCUT2D eigenvalue weighted by Crippen LogP contribution is -2.30. The van der Waals surface area contributed by atoms with Crippen molar-refractivity contribution >= 4 is 5.97 Å². The Balaban J connectivity index is 2.33. The summed E-state index contributed by atoms with van der Waals surface area (Å²) in [5.74, 6) is -0.258. The predicted molar refractivity (Wildman–Crippen MR) is 56.0 cm³/mol. The van der Waals surface area contributed by atoms with E-state index in [0.717, 1.165) is 6.54 Å². The van der Waals surface area contributed by atoms with Crippen LogP contribution in [-0.4, -0.2) is 36.6 Å². The van der Waals surface area contributed by atoms with Gasteiger partial charge in [-0.3, -0.25) is 4.90 Å². The average molecular weight is 197 g/mol. The Morgan fingerprint density at radius 2 is 2.14 bits per heavy atom. The van der Waals surface area contributed by atoms with Crippen LogP contribution in [0.25, 0.3) is 0 Å². The molecule has 0 aromatic carbocycles. The van der Waals surface area contributed by atoms with E-state index in [0.29, 0.717) is 24.8 Å². The van der Waals surface area contributed by atoms with Gasteiger partial charge in [-0.2, -0.15) is 0 Å². The van der Waals surface area contributed by atoms with Crippen LogP contribution in [0.5, 0.6) is 0 Å². The molecule has 1 aliphatic rings. The molecular formula is C11H19NO2. The molecule has 0 radical (unpaired) electrons. The lowest BCUT2D eigenvalue weighted by molar-refractivity contribution is -0.138. The number of hydrogen-bond acceptors (Lipinski definition) is 3. The maximum absolute atomic E-state index is 11.3. The van der Waals surface area contributed by atoms with Gasteiger partial charge in [-0.25, -0.2) is 4.79 Å². The van der Waals surface area contributed by atoms with Crippen molar-refractivity contribution in [2.24, 2.45) is 0 Å². The quantitative estimate of drug-likeness (QED) is 0.478. The molecule has 3 nitrogen and oxygen atoms in total. The predicted octanol–water partition coefficient (Wildman–Crippen LogP) is 1.59. The molecule has 3 heteroatoms. The molecule has 0 atom stereocenters. The zero-order chi connectivity index (χ0) is 10.6. The summed E-state index contributed by atoms with van der Waals surface area (Å²) >= 11 is 0. The van der Waals surface area contributed by atoms with E-state index in [-0.39, 0.29) is 5.97 Å². The first-order chi connectivity index (χ1) is 6.69. The third-order valence-corrected chi connectivity index (χ3v) is 2.43. The van der Waals surface area contributed by atoms with Crippen molar-refractivity contribution in [3.8, 4) is 0 Å². The van der Waals surface area contributed by atoms with Gasteiger partial charge in [-0.05, 0) is 26.3 Å². The molecule has 80 valence electrons. The van der Waals surface area contributed by atoms with Crippen molar-refractivity contribution in [1.29, 1.82) is 0 Å². The molecule has 0 spiro atoms. The van der Waals surface area contributed by atoms with Gasteiger partial charge < -0.3 is 4.74 Å². The highest BCUT2D eigenvalue weighted by molar-refractivity contribution is 5.88. The highest BCUT2D eigenvalue weighted by Gasteiger charge is 2.28. The van der Waals surface area contributed by atoms with Crippen LogP contribution in [-0.2, 0) is 9.53 Å². The number of rotatable bonds is 6. The van der Waals surface area contributed by atoms with Gasteiger partial charge in [0.2, 0.25) is 0 Å². The van der Waals surface area contributed by atoms with Crippen molar-refractivity contribution in [1.82, 2.24) is 4.90 Å². The first-order valence-corrected chi connectivity index (χ1v) is 5.28. The largest absolute Gasteiger partial charge is 0.463 e. The zero-order valence-electron chi connectivity index (χ0n) is 9.08. The average Bonchev–Trinajstić information content (AvgIpc) is 2.97. The summed E-state index contributed by atoms with van der Waals surface area (Å²) in [6, 6.07) is 0.672.